The first-order chi connectivity index (χ1) is 22.5. The Labute approximate surface area is 267 Å². The monoisotopic (exact) mass is 591 g/mol. The predicted octanol–water partition coefficient (Wildman–Crippen LogP) is 10.7. The summed E-state index contributed by atoms with van der Waals surface area (Å²) in [5.41, 5.74) is 11.9. The number of nitrogens with zero attached hydrogens (tertiary/aromatic N) is 3. The Morgan fingerprint density at radius 2 is 1.04 bits per heavy atom. The number of benzene rings is 6. The van der Waals surface area contributed by atoms with Crippen molar-refractivity contribution in [1.29, 1.82) is 0 Å². The number of furan rings is 1. The van der Waals surface area contributed by atoms with E-state index in [2.05, 4.69) is 80.6 Å². The van der Waals surface area contributed by atoms with E-state index in [0.29, 0.717) is 17.5 Å². The molecule has 0 amide bonds. The first kappa shape index (κ1) is 26.5. The minimum absolute atomic E-state index is 0.208. The highest BCUT2D eigenvalue weighted by molar-refractivity contribution is 6.06. The molecule has 4 nitrogen and oxygen atoms in total. The van der Waals surface area contributed by atoms with Crippen LogP contribution in [0, 0.1) is 0 Å². The lowest BCUT2D eigenvalue weighted by atomic mass is 9.81. The summed E-state index contributed by atoms with van der Waals surface area (Å²) in [6.07, 6.45) is 0. The number of hydrogen-bond acceptors (Lipinski definition) is 4. The lowest BCUT2D eigenvalue weighted by molar-refractivity contribution is 0.660. The van der Waals surface area contributed by atoms with Gasteiger partial charge in [-0.05, 0) is 57.6 Å². The molecule has 0 fully saturated rings. The van der Waals surface area contributed by atoms with E-state index in [1.54, 1.807) is 0 Å². The van der Waals surface area contributed by atoms with Crippen LogP contribution in [-0.4, -0.2) is 15.0 Å². The number of hydrogen-bond donors (Lipinski definition) is 0. The summed E-state index contributed by atoms with van der Waals surface area (Å²) in [6.45, 7) is 4.63. The quantitative estimate of drug-likeness (QED) is 0.204. The van der Waals surface area contributed by atoms with Gasteiger partial charge in [-0.1, -0.05) is 129 Å². The summed E-state index contributed by atoms with van der Waals surface area (Å²) >= 11 is 0. The van der Waals surface area contributed by atoms with Crippen LogP contribution in [0.1, 0.15) is 25.0 Å². The van der Waals surface area contributed by atoms with Crippen LogP contribution in [0.2, 0.25) is 0 Å². The smallest absolute Gasteiger partial charge is 0.164 e. The topological polar surface area (TPSA) is 51.8 Å². The van der Waals surface area contributed by atoms with E-state index in [-0.39, 0.29) is 5.41 Å². The van der Waals surface area contributed by atoms with Crippen LogP contribution >= 0.6 is 0 Å². The van der Waals surface area contributed by atoms with Crippen molar-refractivity contribution < 1.29 is 4.42 Å². The largest absolute Gasteiger partial charge is 0.456 e. The van der Waals surface area contributed by atoms with Gasteiger partial charge in [-0.3, -0.25) is 0 Å². The fourth-order valence-corrected chi connectivity index (χ4v) is 6.99. The van der Waals surface area contributed by atoms with Crippen molar-refractivity contribution in [2.45, 2.75) is 19.3 Å². The number of aromatic nitrogens is 3. The lowest BCUT2D eigenvalue weighted by Gasteiger charge is -2.22. The fraction of sp³-hybridized carbons (Fsp3) is 0.0714. The molecule has 1 aliphatic rings. The molecule has 0 atom stereocenters. The Hall–Kier alpha value is -5.87. The lowest BCUT2D eigenvalue weighted by Crippen LogP contribution is -2.15. The minimum atomic E-state index is -0.208. The number of para-hydroxylation sites is 1. The molecule has 1 aliphatic carbocycles. The van der Waals surface area contributed by atoms with Crippen molar-refractivity contribution in [3.05, 3.63) is 151 Å². The third-order valence-corrected chi connectivity index (χ3v) is 9.35. The van der Waals surface area contributed by atoms with Crippen LogP contribution in [0.4, 0.5) is 0 Å². The summed E-state index contributed by atoms with van der Waals surface area (Å²) in [7, 11) is 0. The van der Waals surface area contributed by atoms with Crippen molar-refractivity contribution in [2.24, 2.45) is 0 Å². The van der Waals surface area contributed by atoms with Gasteiger partial charge in [-0.25, -0.2) is 15.0 Å². The van der Waals surface area contributed by atoms with E-state index in [4.69, 9.17) is 19.4 Å². The predicted molar refractivity (Wildman–Crippen MR) is 186 cm³/mol. The van der Waals surface area contributed by atoms with E-state index >= 15 is 0 Å². The standard InChI is InChI=1S/C42H29N3O/c1-42(2)34-18-11-17-32(41-44-39(26-12-5-3-6-13-26)43-40(45-41)27-14-7-4-8-15-27)38(34)31-22-20-29(25-35(31)42)28-21-23-37-33(24-28)30-16-9-10-19-36(30)46-37/h3-25H,1-2H3. The first-order valence-electron chi connectivity index (χ1n) is 15.6. The van der Waals surface area contributed by atoms with E-state index in [1.165, 1.54) is 33.4 Å². The molecule has 218 valence electrons. The minimum Gasteiger partial charge on any atom is -0.456 e. The van der Waals surface area contributed by atoms with Crippen LogP contribution < -0.4 is 0 Å². The van der Waals surface area contributed by atoms with Gasteiger partial charge in [0.1, 0.15) is 11.2 Å². The molecule has 9 rings (SSSR count). The Morgan fingerprint density at radius 3 is 1.78 bits per heavy atom. The maximum absolute atomic E-state index is 6.10. The molecule has 0 saturated carbocycles. The highest BCUT2D eigenvalue weighted by Crippen LogP contribution is 2.52. The third kappa shape index (κ3) is 4.11. The average Bonchev–Trinajstić information content (AvgIpc) is 3.60. The van der Waals surface area contributed by atoms with Crippen LogP contribution in [0.15, 0.2) is 144 Å². The van der Waals surface area contributed by atoms with Gasteiger partial charge in [0.05, 0.1) is 0 Å². The van der Waals surface area contributed by atoms with Crippen molar-refractivity contribution in [3.63, 3.8) is 0 Å². The summed E-state index contributed by atoms with van der Waals surface area (Å²) < 4.78 is 6.10. The molecule has 0 unspecified atom stereocenters. The van der Waals surface area contributed by atoms with Gasteiger partial charge in [-0.2, -0.15) is 0 Å². The second-order valence-corrected chi connectivity index (χ2v) is 12.5. The first-order valence-corrected chi connectivity index (χ1v) is 15.6. The molecule has 4 heteroatoms. The van der Waals surface area contributed by atoms with Gasteiger partial charge in [0, 0.05) is 32.9 Å². The van der Waals surface area contributed by atoms with Crippen LogP contribution in [0.25, 0.3) is 78.4 Å². The molecule has 0 saturated heterocycles. The van der Waals surface area contributed by atoms with Crippen LogP contribution in [0.3, 0.4) is 0 Å². The summed E-state index contributed by atoms with van der Waals surface area (Å²) in [5.74, 6) is 2.00. The molecule has 2 aromatic heterocycles. The Morgan fingerprint density at radius 1 is 0.435 bits per heavy atom. The molecule has 0 spiro atoms. The average molecular weight is 592 g/mol. The van der Waals surface area contributed by atoms with Gasteiger partial charge in [0.25, 0.3) is 0 Å². The van der Waals surface area contributed by atoms with Crippen molar-refractivity contribution in [2.75, 3.05) is 0 Å². The molecule has 6 aromatic carbocycles. The van der Waals surface area contributed by atoms with Crippen LogP contribution in [-0.2, 0) is 5.41 Å². The van der Waals surface area contributed by atoms with Gasteiger partial charge < -0.3 is 4.42 Å². The Balaban J connectivity index is 1.21. The zero-order valence-electron chi connectivity index (χ0n) is 25.5. The van der Waals surface area contributed by atoms with Crippen LogP contribution in [0.5, 0.6) is 0 Å². The van der Waals surface area contributed by atoms with Gasteiger partial charge in [-0.15, -0.1) is 0 Å². The van der Waals surface area contributed by atoms with E-state index in [1.807, 2.05) is 72.8 Å². The van der Waals surface area contributed by atoms with E-state index in [0.717, 1.165) is 38.6 Å². The van der Waals surface area contributed by atoms with E-state index in [9.17, 15) is 0 Å². The van der Waals surface area contributed by atoms with Crippen molar-refractivity contribution >= 4 is 21.9 Å². The highest BCUT2D eigenvalue weighted by atomic mass is 16.3. The molecular weight excluding hydrogens is 562 g/mol. The second kappa shape index (κ2) is 10.1. The summed E-state index contributed by atoms with van der Waals surface area (Å²) in [5, 5.41) is 2.27. The van der Waals surface area contributed by atoms with Crippen molar-refractivity contribution in [1.82, 2.24) is 15.0 Å². The normalized spacial score (nSPS) is 13.2. The molecule has 0 radical (unpaired) electrons. The highest BCUT2D eigenvalue weighted by Gasteiger charge is 2.37. The summed E-state index contributed by atoms with van der Waals surface area (Å²) in [6, 6.07) is 48.4. The molecular formula is C42H29N3O. The molecule has 0 bridgehead atoms. The SMILES string of the molecule is CC1(C)c2cc(-c3ccc4oc5ccccc5c4c3)ccc2-c2c(-c3nc(-c4ccccc4)nc(-c4ccccc4)n3)cccc21. The second-order valence-electron chi connectivity index (χ2n) is 12.5. The maximum Gasteiger partial charge on any atom is 0.164 e. The summed E-state index contributed by atoms with van der Waals surface area (Å²) in [4.78, 5) is 15.1. The van der Waals surface area contributed by atoms with Gasteiger partial charge in [0.2, 0.25) is 0 Å². The number of fused-ring (bicyclic) bond motifs is 6. The molecule has 8 aromatic rings. The van der Waals surface area contributed by atoms with Crippen molar-refractivity contribution in [3.8, 4) is 56.4 Å². The fourth-order valence-electron chi connectivity index (χ4n) is 6.99. The molecule has 0 aliphatic heterocycles. The molecule has 0 N–H and O–H groups in total. The maximum atomic E-state index is 6.10. The molecule has 2 heterocycles. The van der Waals surface area contributed by atoms with E-state index < -0.39 is 0 Å². The molecule has 46 heavy (non-hydrogen) atoms. The number of rotatable bonds is 4. The van der Waals surface area contributed by atoms with Gasteiger partial charge >= 0.3 is 0 Å². The zero-order chi connectivity index (χ0) is 30.8. The third-order valence-electron chi connectivity index (χ3n) is 9.35. The Bertz CT molecular complexity index is 2380. The zero-order valence-corrected chi connectivity index (χ0v) is 25.5. The van der Waals surface area contributed by atoms with Gasteiger partial charge in [0.15, 0.2) is 17.5 Å². The Kier molecular flexibility index (Phi) is 5.81.